The normalized spacial score (nSPS) is 17.6. The molecule has 2 aliphatic rings. The molecule has 1 aliphatic heterocycles. The highest BCUT2D eigenvalue weighted by molar-refractivity contribution is 5.74. The minimum absolute atomic E-state index is 0.100. The lowest BCUT2D eigenvalue weighted by atomic mass is 9.88. The van der Waals surface area contributed by atoms with E-state index in [1.807, 2.05) is 29.2 Å². The number of hydrogen-bond donors (Lipinski definition) is 1. The van der Waals surface area contributed by atoms with Gasteiger partial charge in [-0.05, 0) is 67.3 Å². The van der Waals surface area contributed by atoms with Crippen molar-refractivity contribution in [3.05, 3.63) is 59.7 Å². The van der Waals surface area contributed by atoms with E-state index in [9.17, 15) is 9.18 Å². The van der Waals surface area contributed by atoms with E-state index in [-0.39, 0.29) is 17.9 Å². The third kappa shape index (κ3) is 8.70. The lowest BCUT2D eigenvalue weighted by Gasteiger charge is -2.40. The smallest absolute Gasteiger partial charge is 0.318 e. The lowest BCUT2D eigenvalue weighted by molar-refractivity contribution is 0.102. The number of aromatic nitrogens is 1. The molecule has 1 aromatic carbocycles. The predicted molar refractivity (Wildman–Crippen MR) is 145 cm³/mol. The summed E-state index contributed by atoms with van der Waals surface area (Å²) < 4.78 is 19.2. The zero-order valence-corrected chi connectivity index (χ0v) is 22.5. The van der Waals surface area contributed by atoms with Gasteiger partial charge in [-0.25, -0.2) is 9.18 Å². The Balaban J connectivity index is 1.34. The van der Waals surface area contributed by atoms with Crippen LogP contribution in [0, 0.1) is 17.7 Å². The summed E-state index contributed by atoms with van der Waals surface area (Å²) in [4.78, 5) is 22.1. The summed E-state index contributed by atoms with van der Waals surface area (Å²) in [6.07, 6.45) is 9.95. The molecule has 2 aromatic rings. The molecule has 1 aromatic heterocycles. The van der Waals surface area contributed by atoms with Crippen LogP contribution in [-0.2, 0) is 13.1 Å². The van der Waals surface area contributed by atoms with Crippen LogP contribution in [0.25, 0.3) is 0 Å². The molecule has 0 atom stereocenters. The fourth-order valence-electron chi connectivity index (χ4n) is 5.44. The minimum atomic E-state index is -0.364. The van der Waals surface area contributed by atoms with Gasteiger partial charge in [-0.3, -0.25) is 4.98 Å². The topological polar surface area (TPSA) is 57.7 Å². The van der Waals surface area contributed by atoms with Crippen LogP contribution in [-0.4, -0.2) is 53.1 Å². The van der Waals surface area contributed by atoms with E-state index in [1.54, 1.807) is 6.07 Å². The second kappa shape index (κ2) is 13.8. The summed E-state index contributed by atoms with van der Waals surface area (Å²) in [7, 11) is 0. The average molecular weight is 511 g/mol. The molecule has 1 N–H and O–H groups in total. The van der Waals surface area contributed by atoms with E-state index in [0.717, 1.165) is 43.2 Å². The maximum absolute atomic E-state index is 13.4. The zero-order valence-electron chi connectivity index (χ0n) is 22.5. The molecule has 7 heteroatoms. The minimum Gasteiger partial charge on any atom is -0.493 e. The summed E-state index contributed by atoms with van der Waals surface area (Å²) in [6.45, 7) is 8.96. The largest absolute Gasteiger partial charge is 0.493 e. The molecule has 37 heavy (non-hydrogen) atoms. The summed E-state index contributed by atoms with van der Waals surface area (Å²) in [5.41, 5.74) is 1.72. The molecule has 0 spiro atoms. The van der Waals surface area contributed by atoms with Gasteiger partial charge in [-0.15, -0.1) is 0 Å². The van der Waals surface area contributed by atoms with Crippen molar-refractivity contribution in [2.24, 2.45) is 11.8 Å². The van der Waals surface area contributed by atoms with Crippen LogP contribution < -0.4 is 10.1 Å². The monoisotopic (exact) mass is 510 g/mol. The number of urea groups is 1. The Morgan fingerprint density at radius 3 is 2.46 bits per heavy atom. The van der Waals surface area contributed by atoms with Crippen LogP contribution in [0.2, 0.25) is 0 Å². The number of carbonyl (C=O) groups is 1. The van der Waals surface area contributed by atoms with Crippen LogP contribution in [0.4, 0.5) is 9.18 Å². The van der Waals surface area contributed by atoms with Gasteiger partial charge in [0, 0.05) is 32.2 Å². The van der Waals surface area contributed by atoms with Crippen LogP contribution >= 0.6 is 0 Å². The molecule has 6 nitrogen and oxygen atoms in total. The van der Waals surface area contributed by atoms with Crippen molar-refractivity contribution in [1.82, 2.24) is 20.1 Å². The van der Waals surface area contributed by atoms with Gasteiger partial charge in [0.25, 0.3) is 0 Å². The van der Waals surface area contributed by atoms with Crippen molar-refractivity contribution in [2.45, 2.75) is 77.9 Å². The number of nitrogens with zero attached hydrogens (tertiary/aromatic N) is 3. The zero-order chi connectivity index (χ0) is 26.0. The molecule has 1 aliphatic carbocycles. The maximum Gasteiger partial charge on any atom is 0.318 e. The fraction of sp³-hybridized carbons (Fsp3) is 0.600. The van der Waals surface area contributed by atoms with Crippen LogP contribution in [0.3, 0.4) is 0 Å². The Labute approximate surface area is 221 Å². The SMILES string of the molecule is CC(C)COc1ccc(CNC(=O)N(Cc2ccc(F)cn2)C2CCN(CC3CCCCC3)CC2)cc1. The van der Waals surface area contributed by atoms with Gasteiger partial charge in [0.1, 0.15) is 11.6 Å². The Morgan fingerprint density at radius 2 is 1.81 bits per heavy atom. The molecular formula is C30H43FN4O2. The molecule has 2 heterocycles. The molecule has 2 amide bonds. The van der Waals surface area contributed by atoms with Gasteiger partial charge < -0.3 is 19.9 Å². The first kappa shape index (κ1) is 27.4. The third-order valence-electron chi connectivity index (χ3n) is 7.57. The van der Waals surface area contributed by atoms with Gasteiger partial charge in [0.15, 0.2) is 0 Å². The lowest BCUT2D eigenvalue weighted by Crippen LogP contribution is -2.50. The number of amides is 2. The van der Waals surface area contributed by atoms with E-state index in [0.29, 0.717) is 31.3 Å². The molecule has 2 fully saturated rings. The maximum atomic E-state index is 13.4. The van der Waals surface area contributed by atoms with Crippen molar-refractivity contribution in [3.8, 4) is 5.75 Å². The number of halogens is 1. The van der Waals surface area contributed by atoms with Gasteiger partial charge >= 0.3 is 6.03 Å². The standard InChI is InChI=1S/C30H43FN4O2/c1-23(2)22-37-29-12-8-24(9-13-29)18-33-30(36)35(21-27-11-10-26(31)19-32-27)28-14-16-34(17-15-28)20-25-6-4-3-5-7-25/h8-13,19,23,25,28H,3-7,14-18,20-22H2,1-2H3,(H,33,36). The molecule has 4 rings (SSSR count). The summed E-state index contributed by atoms with van der Waals surface area (Å²) in [6, 6.07) is 11.0. The molecule has 0 unspecified atom stereocenters. The first-order valence-corrected chi connectivity index (χ1v) is 14.1. The molecule has 1 saturated carbocycles. The van der Waals surface area contributed by atoms with Crippen molar-refractivity contribution < 1.29 is 13.9 Å². The second-order valence-corrected chi connectivity index (χ2v) is 11.1. The van der Waals surface area contributed by atoms with Crippen LogP contribution in [0.5, 0.6) is 5.75 Å². The average Bonchev–Trinajstić information content (AvgIpc) is 2.92. The van der Waals surface area contributed by atoms with Crippen LogP contribution in [0.1, 0.15) is 70.1 Å². The molecular weight excluding hydrogens is 467 g/mol. The van der Waals surface area contributed by atoms with Gasteiger partial charge in [0.05, 0.1) is 25.0 Å². The number of nitrogens with one attached hydrogen (secondary N) is 1. The number of pyridine rings is 1. The first-order valence-electron chi connectivity index (χ1n) is 14.1. The van der Waals surface area contributed by atoms with Gasteiger partial charge in [-0.1, -0.05) is 45.2 Å². The highest BCUT2D eigenvalue weighted by Crippen LogP contribution is 2.26. The number of rotatable bonds is 10. The van der Waals surface area contributed by atoms with E-state index in [4.69, 9.17) is 4.74 Å². The van der Waals surface area contributed by atoms with E-state index in [1.165, 1.54) is 50.9 Å². The van der Waals surface area contributed by atoms with Crippen molar-refractivity contribution in [2.75, 3.05) is 26.2 Å². The molecule has 0 radical (unpaired) electrons. The first-order chi connectivity index (χ1) is 18.0. The summed E-state index contributed by atoms with van der Waals surface area (Å²) >= 11 is 0. The fourth-order valence-corrected chi connectivity index (χ4v) is 5.44. The van der Waals surface area contributed by atoms with E-state index < -0.39 is 0 Å². The van der Waals surface area contributed by atoms with E-state index >= 15 is 0 Å². The Kier molecular flexibility index (Phi) is 10.2. The molecule has 1 saturated heterocycles. The number of carbonyl (C=O) groups excluding carboxylic acids is 1. The van der Waals surface area contributed by atoms with Crippen molar-refractivity contribution >= 4 is 6.03 Å². The van der Waals surface area contributed by atoms with Crippen molar-refractivity contribution in [1.29, 1.82) is 0 Å². The van der Waals surface area contributed by atoms with Gasteiger partial charge in [-0.2, -0.15) is 0 Å². The number of ether oxygens (including phenoxy) is 1. The van der Waals surface area contributed by atoms with Gasteiger partial charge in [0.2, 0.25) is 0 Å². The highest BCUT2D eigenvalue weighted by atomic mass is 19.1. The third-order valence-corrected chi connectivity index (χ3v) is 7.57. The summed E-state index contributed by atoms with van der Waals surface area (Å²) in [5, 5.41) is 3.11. The predicted octanol–water partition coefficient (Wildman–Crippen LogP) is 6.01. The Bertz CT molecular complexity index is 953. The number of hydrogen-bond acceptors (Lipinski definition) is 4. The molecule has 202 valence electrons. The highest BCUT2D eigenvalue weighted by Gasteiger charge is 2.29. The van der Waals surface area contributed by atoms with E-state index in [2.05, 4.69) is 29.0 Å². The second-order valence-electron chi connectivity index (χ2n) is 11.1. The van der Waals surface area contributed by atoms with Crippen LogP contribution in [0.15, 0.2) is 42.6 Å². The summed E-state index contributed by atoms with van der Waals surface area (Å²) in [5.74, 6) is 1.78. The Morgan fingerprint density at radius 1 is 1.08 bits per heavy atom. The molecule has 0 bridgehead atoms. The number of piperidine rings is 1. The van der Waals surface area contributed by atoms with Crippen molar-refractivity contribution in [3.63, 3.8) is 0 Å². The quantitative estimate of drug-likeness (QED) is 0.425. The Hall–Kier alpha value is -2.67. The number of likely N-dealkylation sites (tertiary alicyclic amines) is 1. The number of benzene rings is 1.